The summed E-state index contributed by atoms with van der Waals surface area (Å²) < 4.78 is 0. The van der Waals surface area contributed by atoms with Crippen LogP contribution in [0, 0.1) is 0 Å². The summed E-state index contributed by atoms with van der Waals surface area (Å²) in [5, 5.41) is 3.97. The maximum absolute atomic E-state index is 13.9. The van der Waals surface area contributed by atoms with E-state index in [0.29, 0.717) is 28.0 Å². The Labute approximate surface area is 209 Å². The predicted octanol–water partition coefficient (Wildman–Crippen LogP) is 5.22. The van der Waals surface area contributed by atoms with Crippen molar-refractivity contribution in [1.29, 1.82) is 0 Å². The molecule has 5 rings (SSSR count). The lowest BCUT2D eigenvalue weighted by Crippen LogP contribution is -2.31. The van der Waals surface area contributed by atoms with Gasteiger partial charge in [0.25, 0.3) is 5.91 Å². The van der Waals surface area contributed by atoms with E-state index in [1.807, 2.05) is 81.7 Å². The minimum absolute atomic E-state index is 0.0620. The highest BCUT2D eigenvalue weighted by atomic mass is 32.2. The predicted molar refractivity (Wildman–Crippen MR) is 147 cm³/mol. The number of anilines is 4. The molecule has 178 valence electrons. The lowest BCUT2D eigenvalue weighted by Gasteiger charge is -2.20. The third-order valence-corrected chi connectivity index (χ3v) is 7.15. The van der Waals surface area contributed by atoms with Crippen LogP contribution in [-0.2, 0) is 11.3 Å². The Morgan fingerprint density at radius 2 is 1.60 bits per heavy atom. The summed E-state index contributed by atoms with van der Waals surface area (Å²) in [6.07, 6.45) is 0. The summed E-state index contributed by atoms with van der Waals surface area (Å²) in [4.78, 5) is 25.4. The number of amidine groups is 1. The zero-order valence-electron chi connectivity index (χ0n) is 20.0. The summed E-state index contributed by atoms with van der Waals surface area (Å²) in [6.45, 7) is 3.22. The number of hydrogen-bond acceptors (Lipinski definition) is 7. The third kappa shape index (κ3) is 4.21. The fourth-order valence-corrected chi connectivity index (χ4v) is 5.55. The highest BCUT2D eigenvalue weighted by Gasteiger charge is 2.40. The number of carbonyl (C=O) groups excluding carboxylic acids is 1. The fraction of sp³-hybridized carbons (Fsp3) is 0.185. The Morgan fingerprint density at radius 1 is 0.943 bits per heavy atom. The normalized spacial score (nSPS) is 16.5. The van der Waals surface area contributed by atoms with Gasteiger partial charge in [-0.05, 0) is 54.6 Å². The van der Waals surface area contributed by atoms with E-state index in [0.717, 1.165) is 35.0 Å². The van der Waals surface area contributed by atoms with Gasteiger partial charge in [-0.15, -0.1) is 0 Å². The Bertz CT molecular complexity index is 1310. The molecule has 2 aliphatic rings. The number of aliphatic imine (C=N–C) groups is 1. The molecule has 0 aromatic heterocycles. The molecular weight excluding hydrogens is 456 g/mol. The van der Waals surface area contributed by atoms with E-state index in [9.17, 15) is 4.79 Å². The quantitative estimate of drug-likeness (QED) is 0.382. The van der Waals surface area contributed by atoms with Gasteiger partial charge in [0.1, 0.15) is 10.7 Å². The number of amides is 1. The van der Waals surface area contributed by atoms with Crippen molar-refractivity contribution in [3.63, 3.8) is 0 Å². The Morgan fingerprint density at radius 3 is 2.26 bits per heavy atom. The van der Waals surface area contributed by atoms with E-state index >= 15 is 0 Å². The monoisotopic (exact) mass is 484 g/mol. The molecule has 1 amide bonds. The summed E-state index contributed by atoms with van der Waals surface area (Å²) in [6, 6.07) is 23.8. The van der Waals surface area contributed by atoms with E-state index in [1.165, 1.54) is 11.8 Å². The van der Waals surface area contributed by atoms with Crippen LogP contribution in [0.4, 0.5) is 28.4 Å². The van der Waals surface area contributed by atoms with Gasteiger partial charge in [0.15, 0.2) is 5.17 Å². The Hall–Kier alpha value is -3.91. The average molecular weight is 485 g/mol. The summed E-state index contributed by atoms with van der Waals surface area (Å²) in [5.74, 6) is 0.789. The highest BCUT2D eigenvalue weighted by Crippen LogP contribution is 2.45. The minimum atomic E-state index is -0.0620. The second-order valence-corrected chi connectivity index (χ2v) is 9.42. The number of para-hydroxylation sites is 2. The van der Waals surface area contributed by atoms with E-state index in [2.05, 4.69) is 27.2 Å². The van der Waals surface area contributed by atoms with Crippen molar-refractivity contribution in [2.24, 2.45) is 4.99 Å². The number of nitrogens with two attached hydrogens (primary N) is 1. The van der Waals surface area contributed by atoms with E-state index in [1.54, 1.807) is 4.90 Å². The number of carbonyl (C=O) groups is 1. The smallest absolute Gasteiger partial charge is 0.270 e. The molecule has 1 saturated heterocycles. The van der Waals surface area contributed by atoms with E-state index in [-0.39, 0.29) is 5.91 Å². The summed E-state index contributed by atoms with van der Waals surface area (Å²) >= 11 is 1.40. The van der Waals surface area contributed by atoms with Crippen molar-refractivity contribution in [3.8, 4) is 0 Å². The van der Waals surface area contributed by atoms with Crippen LogP contribution in [0.2, 0.25) is 0 Å². The molecule has 3 aromatic carbocycles. The van der Waals surface area contributed by atoms with Gasteiger partial charge < -0.3 is 20.9 Å². The van der Waals surface area contributed by atoms with Crippen LogP contribution >= 0.6 is 11.8 Å². The molecule has 0 spiro atoms. The first-order valence-electron chi connectivity index (χ1n) is 11.5. The lowest BCUT2D eigenvalue weighted by molar-refractivity contribution is -0.122. The topological polar surface area (TPSA) is 77.2 Å². The molecular formula is C27H28N6OS. The standard InChI is InChI=1S/C27H28N6OS/c1-4-29-20-15-14-19(28)16-21(20)30-27-33(17-18-10-6-5-7-11-18)26(34)24(35-27)25-31(2)22-12-8-9-13-23(22)32(25)3/h5-16,29H,4,17,28H2,1-3H3. The molecule has 0 bridgehead atoms. The van der Waals surface area contributed by atoms with Crippen LogP contribution in [0.25, 0.3) is 0 Å². The van der Waals surface area contributed by atoms with Gasteiger partial charge in [0, 0.05) is 26.3 Å². The number of nitrogens with zero attached hydrogens (tertiary/aromatic N) is 4. The molecule has 7 nitrogen and oxygen atoms in total. The first-order valence-corrected chi connectivity index (χ1v) is 12.4. The van der Waals surface area contributed by atoms with Crippen LogP contribution in [0.15, 0.2) is 88.5 Å². The molecule has 35 heavy (non-hydrogen) atoms. The van der Waals surface area contributed by atoms with Gasteiger partial charge >= 0.3 is 0 Å². The largest absolute Gasteiger partial charge is 0.399 e. The Balaban J connectivity index is 1.61. The summed E-state index contributed by atoms with van der Waals surface area (Å²) in [5.41, 5.74) is 11.5. The van der Waals surface area contributed by atoms with Crippen molar-refractivity contribution in [1.82, 2.24) is 4.90 Å². The second-order valence-electron chi connectivity index (χ2n) is 8.44. The van der Waals surface area contributed by atoms with Crippen LogP contribution in [0.3, 0.4) is 0 Å². The maximum Gasteiger partial charge on any atom is 0.270 e. The number of thioether (sulfide) groups is 1. The first-order chi connectivity index (χ1) is 17.0. The molecule has 3 aromatic rings. The van der Waals surface area contributed by atoms with Crippen molar-refractivity contribution in [3.05, 3.63) is 89.1 Å². The molecule has 2 aliphatic heterocycles. The molecule has 3 N–H and O–H groups in total. The maximum atomic E-state index is 13.9. The fourth-order valence-electron chi connectivity index (χ4n) is 4.40. The molecule has 0 atom stereocenters. The number of nitrogen functional groups attached to an aromatic ring is 1. The van der Waals surface area contributed by atoms with Gasteiger partial charge in [0.05, 0.1) is 29.3 Å². The lowest BCUT2D eigenvalue weighted by atomic mass is 10.2. The van der Waals surface area contributed by atoms with Crippen LogP contribution in [0.1, 0.15) is 12.5 Å². The second kappa shape index (κ2) is 9.38. The van der Waals surface area contributed by atoms with E-state index < -0.39 is 0 Å². The van der Waals surface area contributed by atoms with Crippen molar-refractivity contribution in [2.75, 3.05) is 41.5 Å². The number of benzene rings is 3. The molecule has 0 aliphatic carbocycles. The Kier molecular flexibility index (Phi) is 6.13. The number of rotatable bonds is 5. The molecule has 8 heteroatoms. The van der Waals surface area contributed by atoms with Gasteiger partial charge in [0.2, 0.25) is 0 Å². The highest BCUT2D eigenvalue weighted by molar-refractivity contribution is 8.18. The number of fused-ring (bicyclic) bond motifs is 1. The molecule has 0 saturated carbocycles. The SMILES string of the molecule is CCNc1ccc(N)cc1N=C1SC(=C2N(C)c3ccccc3N2C)C(=O)N1Cc1ccccc1. The molecule has 0 unspecified atom stereocenters. The van der Waals surface area contributed by atoms with Crippen LogP contribution in [0.5, 0.6) is 0 Å². The molecule has 0 radical (unpaired) electrons. The zero-order valence-corrected chi connectivity index (χ0v) is 20.8. The van der Waals surface area contributed by atoms with Crippen molar-refractivity contribution in [2.45, 2.75) is 13.5 Å². The van der Waals surface area contributed by atoms with Crippen LogP contribution in [-0.4, -0.2) is 36.6 Å². The minimum Gasteiger partial charge on any atom is -0.399 e. The van der Waals surface area contributed by atoms with Gasteiger partial charge in [-0.3, -0.25) is 9.69 Å². The third-order valence-electron chi connectivity index (χ3n) is 6.10. The average Bonchev–Trinajstić information content (AvgIpc) is 3.29. The van der Waals surface area contributed by atoms with Crippen molar-refractivity contribution >= 4 is 51.3 Å². The van der Waals surface area contributed by atoms with Gasteiger partial charge in [-0.2, -0.15) is 0 Å². The van der Waals surface area contributed by atoms with Gasteiger partial charge in [-0.25, -0.2) is 4.99 Å². The molecule has 2 heterocycles. The first kappa shape index (κ1) is 22.9. The van der Waals surface area contributed by atoms with Crippen molar-refractivity contribution < 1.29 is 4.79 Å². The number of nitrogens with one attached hydrogen (secondary N) is 1. The van der Waals surface area contributed by atoms with Gasteiger partial charge in [-0.1, -0.05) is 42.5 Å². The molecule has 1 fully saturated rings. The van der Waals surface area contributed by atoms with E-state index in [4.69, 9.17) is 10.7 Å². The van der Waals surface area contributed by atoms with Crippen LogP contribution < -0.4 is 20.9 Å². The zero-order chi connectivity index (χ0) is 24.5. The number of hydrogen-bond donors (Lipinski definition) is 2. The summed E-state index contributed by atoms with van der Waals surface area (Å²) in [7, 11) is 3.99.